The SMILES string of the molecule is NC(=O)C1C=CC=CC1(NCC1=NCCN1)C1CC1. The van der Waals surface area contributed by atoms with Gasteiger partial charge < -0.3 is 11.1 Å². The Labute approximate surface area is 113 Å². The second-order valence-electron chi connectivity index (χ2n) is 5.44. The molecule has 3 aliphatic rings. The molecule has 102 valence electrons. The van der Waals surface area contributed by atoms with Gasteiger partial charge in [0.25, 0.3) is 0 Å². The predicted octanol–water partition coefficient (Wildman–Crippen LogP) is -0.0460. The lowest BCUT2D eigenvalue weighted by Crippen LogP contribution is -2.57. The third-order valence-corrected chi connectivity index (χ3v) is 4.17. The first-order valence-corrected chi connectivity index (χ1v) is 6.90. The molecular formula is C14H20N4O. The number of carbonyl (C=O) groups excluding carboxylic acids is 1. The molecule has 0 aromatic heterocycles. The van der Waals surface area contributed by atoms with Gasteiger partial charge in [0.05, 0.1) is 24.5 Å². The number of aliphatic imine (C=N–C) groups is 1. The Hall–Kier alpha value is -1.62. The van der Waals surface area contributed by atoms with Crippen LogP contribution in [0.4, 0.5) is 0 Å². The third-order valence-electron chi connectivity index (χ3n) is 4.17. The molecule has 2 unspecified atom stereocenters. The van der Waals surface area contributed by atoms with Crippen LogP contribution in [0.1, 0.15) is 12.8 Å². The first kappa shape index (κ1) is 12.4. The maximum absolute atomic E-state index is 11.7. The minimum atomic E-state index is -0.326. The van der Waals surface area contributed by atoms with E-state index in [0.29, 0.717) is 12.5 Å². The molecule has 19 heavy (non-hydrogen) atoms. The number of amides is 1. The maximum atomic E-state index is 11.7. The van der Waals surface area contributed by atoms with Gasteiger partial charge in [0.15, 0.2) is 0 Å². The summed E-state index contributed by atoms with van der Waals surface area (Å²) in [6, 6.07) is 0. The topological polar surface area (TPSA) is 79.5 Å². The zero-order valence-corrected chi connectivity index (χ0v) is 10.9. The van der Waals surface area contributed by atoms with E-state index in [9.17, 15) is 4.79 Å². The minimum absolute atomic E-state index is 0.263. The van der Waals surface area contributed by atoms with E-state index in [-0.39, 0.29) is 17.4 Å². The van der Waals surface area contributed by atoms with Gasteiger partial charge in [-0.15, -0.1) is 0 Å². The van der Waals surface area contributed by atoms with E-state index < -0.39 is 0 Å². The summed E-state index contributed by atoms with van der Waals surface area (Å²) in [7, 11) is 0. The number of rotatable bonds is 5. The number of allylic oxidation sites excluding steroid dienone is 2. The van der Waals surface area contributed by atoms with Crippen molar-refractivity contribution in [3.8, 4) is 0 Å². The molecule has 1 aliphatic heterocycles. The van der Waals surface area contributed by atoms with Crippen molar-refractivity contribution in [1.29, 1.82) is 0 Å². The maximum Gasteiger partial charge on any atom is 0.226 e. The Kier molecular flexibility index (Phi) is 3.14. The molecule has 0 spiro atoms. The Morgan fingerprint density at radius 3 is 3.00 bits per heavy atom. The summed E-state index contributed by atoms with van der Waals surface area (Å²) in [5, 5.41) is 6.78. The van der Waals surface area contributed by atoms with Crippen LogP contribution in [0.2, 0.25) is 0 Å². The van der Waals surface area contributed by atoms with Crippen molar-refractivity contribution in [2.24, 2.45) is 22.6 Å². The van der Waals surface area contributed by atoms with Gasteiger partial charge >= 0.3 is 0 Å². The Morgan fingerprint density at radius 2 is 2.37 bits per heavy atom. The summed E-state index contributed by atoms with van der Waals surface area (Å²) in [6.45, 7) is 2.41. The predicted molar refractivity (Wildman–Crippen MR) is 74.7 cm³/mol. The summed E-state index contributed by atoms with van der Waals surface area (Å²) in [6.07, 6.45) is 10.2. The normalized spacial score (nSPS) is 33.1. The first-order chi connectivity index (χ1) is 9.22. The van der Waals surface area contributed by atoms with Crippen molar-refractivity contribution < 1.29 is 4.79 Å². The molecule has 2 aliphatic carbocycles. The van der Waals surface area contributed by atoms with Crippen molar-refractivity contribution >= 4 is 11.7 Å². The number of hydrogen-bond donors (Lipinski definition) is 3. The van der Waals surface area contributed by atoms with E-state index in [0.717, 1.165) is 31.8 Å². The number of hydrogen-bond acceptors (Lipinski definition) is 4. The average Bonchev–Trinajstić information content (AvgIpc) is 3.14. The lowest BCUT2D eigenvalue weighted by molar-refractivity contribution is -0.122. The number of nitrogens with two attached hydrogens (primary N) is 1. The molecule has 3 rings (SSSR count). The van der Waals surface area contributed by atoms with Gasteiger partial charge in [-0.3, -0.25) is 15.1 Å². The number of nitrogens with zero attached hydrogens (tertiary/aromatic N) is 1. The van der Waals surface area contributed by atoms with E-state index in [2.05, 4.69) is 21.7 Å². The van der Waals surface area contributed by atoms with Gasteiger partial charge in [-0.25, -0.2) is 0 Å². The molecule has 1 saturated carbocycles. The number of primary amides is 1. The van der Waals surface area contributed by atoms with Gasteiger partial charge in [-0.2, -0.15) is 0 Å². The molecule has 1 heterocycles. The highest BCUT2D eigenvalue weighted by Crippen LogP contribution is 2.46. The van der Waals surface area contributed by atoms with Gasteiger partial charge in [-0.05, 0) is 18.8 Å². The van der Waals surface area contributed by atoms with Crippen molar-refractivity contribution in [3.05, 3.63) is 24.3 Å². The molecule has 5 nitrogen and oxygen atoms in total. The second kappa shape index (κ2) is 4.81. The van der Waals surface area contributed by atoms with Crippen LogP contribution in [-0.2, 0) is 4.79 Å². The molecule has 2 atom stereocenters. The lowest BCUT2D eigenvalue weighted by atomic mass is 9.76. The van der Waals surface area contributed by atoms with Gasteiger partial charge in [0.1, 0.15) is 5.84 Å². The standard InChI is InChI=1S/C14H20N4O/c15-13(19)11-3-1-2-6-14(11,10-4-5-10)18-9-12-16-7-8-17-12/h1-3,6,10-11,18H,4-5,7-9H2,(H2,15,19)(H,16,17). The largest absolute Gasteiger partial charge is 0.371 e. The molecular weight excluding hydrogens is 240 g/mol. The van der Waals surface area contributed by atoms with Gasteiger partial charge in [0, 0.05) is 6.54 Å². The monoisotopic (exact) mass is 260 g/mol. The van der Waals surface area contributed by atoms with Gasteiger partial charge in [0.2, 0.25) is 5.91 Å². The third kappa shape index (κ3) is 2.30. The molecule has 0 aromatic carbocycles. The van der Waals surface area contributed by atoms with Crippen molar-refractivity contribution in [1.82, 2.24) is 10.6 Å². The fraction of sp³-hybridized carbons (Fsp3) is 0.571. The highest BCUT2D eigenvalue weighted by molar-refractivity contribution is 5.86. The molecule has 1 fully saturated rings. The number of carbonyl (C=O) groups is 1. The van der Waals surface area contributed by atoms with E-state index in [1.165, 1.54) is 0 Å². The summed E-state index contributed by atoms with van der Waals surface area (Å²) in [5.74, 6) is 0.938. The quantitative estimate of drug-likeness (QED) is 0.648. The first-order valence-electron chi connectivity index (χ1n) is 6.90. The molecule has 0 saturated heterocycles. The fourth-order valence-corrected chi connectivity index (χ4v) is 3.05. The van der Waals surface area contributed by atoms with Crippen LogP contribution in [0.25, 0.3) is 0 Å². The van der Waals surface area contributed by atoms with Crippen LogP contribution in [0.3, 0.4) is 0 Å². The summed E-state index contributed by atoms with van der Waals surface area (Å²) >= 11 is 0. The Balaban J connectivity index is 1.79. The molecule has 0 radical (unpaired) electrons. The van der Waals surface area contributed by atoms with E-state index >= 15 is 0 Å². The molecule has 4 N–H and O–H groups in total. The highest BCUT2D eigenvalue weighted by Gasteiger charge is 2.50. The molecule has 1 amide bonds. The van der Waals surface area contributed by atoms with Crippen LogP contribution < -0.4 is 16.4 Å². The van der Waals surface area contributed by atoms with Crippen LogP contribution in [-0.4, -0.2) is 36.9 Å². The average molecular weight is 260 g/mol. The smallest absolute Gasteiger partial charge is 0.226 e. The summed E-state index contributed by atoms with van der Waals surface area (Å²) in [5.41, 5.74) is 5.26. The van der Waals surface area contributed by atoms with Crippen molar-refractivity contribution in [3.63, 3.8) is 0 Å². The zero-order valence-electron chi connectivity index (χ0n) is 10.9. The Morgan fingerprint density at radius 1 is 1.53 bits per heavy atom. The van der Waals surface area contributed by atoms with E-state index in [4.69, 9.17) is 5.73 Å². The fourth-order valence-electron chi connectivity index (χ4n) is 3.05. The lowest BCUT2D eigenvalue weighted by Gasteiger charge is -2.38. The molecule has 0 bridgehead atoms. The van der Waals surface area contributed by atoms with E-state index in [1.807, 2.05) is 18.2 Å². The van der Waals surface area contributed by atoms with Crippen LogP contribution in [0.5, 0.6) is 0 Å². The number of nitrogens with one attached hydrogen (secondary N) is 2. The van der Waals surface area contributed by atoms with E-state index in [1.54, 1.807) is 0 Å². The molecule has 5 heteroatoms. The van der Waals surface area contributed by atoms with Crippen LogP contribution >= 0.6 is 0 Å². The second-order valence-corrected chi connectivity index (χ2v) is 5.44. The Bertz CT molecular complexity index is 464. The van der Waals surface area contributed by atoms with Crippen molar-refractivity contribution in [2.45, 2.75) is 18.4 Å². The van der Waals surface area contributed by atoms with Crippen molar-refractivity contribution in [2.75, 3.05) is 19.6 Å². The summed E-state index contributed by atoms with van der Waals surface area (Å²) in [4.78, 5) is 16.1. The van der Waals surface area contributed by atoms with Crippen LogP contribution in [0.15, 0.2) is 29.3 Å². The van der Waals surface area contributed by atoms with Gasteiger partial charge in [-0.1, -0.05) is 24.3 Å². The highest BCUT2D eigenvalue weighted by atomic mass is 16.1. The molecule has 0 aromatic rings. The number of amidine groups is 1. The van der Waals surface area contributed by atoms with Crippen LogP contribution in [0, 0.1) is 11.8 Å². The minimum Gasteiger partial charge on any atom is -0.371 e. The zero-order chi connectivity index (χ0) is 13.3. The summed E-state index contributed by atoms with van der Waals surface area (Å²) < 4.78 is 0.